The first-order valence-corrected chi connectivity index (χ1v) is 2.26. The number of ether oxygens (including phenoxy) is 1. The van der Waals surface area contributed by atoms with Crippen LogP contribution >= 0.6 is 0 Å². The van der Waals surface area contributed by atoms with Crippen molar-refractivity contribution in [3.8, 4) is 0 Å². The van der Waals surface area contributed by atoms with Crippen LogP contribution in [0.15, 0.2) is 0 Å². The van der Waals surface area contributed by atoms with Crippen molar-refractivity contribution in [1.82, 2.24) is 0 Å². The summed E-state index contributed by atoms with van der Waals surface area (Å²) in [6, 6.07) is 0. The van der Waals surface area contributed by atoms with Crippen LogP contribution in [0.5, 0.6) is 0 Å². The van der Waals surface area contributed by atoms with Crippen LogP contribution in [0.2, 0.25) is 0 Å². The molecule has 0 heterocycles. The maximum atomic E-state index is 11.6. The van der Waals surface area contributed by atoms with E-state index in [1.165, 1.54) is 0 Å². The first kappa shape index (κ1) is 8.68. The maximum absolute atomic E-state index is 11.6. The molecule has 0 aromatic rings. The molecule has 1 nitrogen and oxygen atoms in total. The smallest absolute Gasteiger partial charge is 0.261 e. The molecule has 56 valence electrons. The topological polar surface area (TPSA) is 9.23 Å². The van der Waals surface area contributed by atoms with E-state index in [4.69, 9.17) is 0 Å². The molecule has 0 aliphatic carbocycles. The molecule has 0 aliphatic heterocycles. The highest BCUT2D eigenvalue weighted by atomic mass is 19.3. The minimum atomic E-state index is -2.74. The maximum Gasteiger partial charge on any atom is 0.261 e. The fraction of sp³-hybridized carbons (Fsp3) is 1.00. The highest BCUT2D eigenvalue weighted by Gasteiger charge is 2.09. The average molecular weight is 146 g/mol. The summed E-state index contributed by atoms with van der Waals surface area (Å²) in [5.74, 6) is 0. The van der Waals surface area contributed by atoms with E-state index in [9.17, 15) is 17.6 Å². The van der Waals surface area contributed by atoms with E-state index in [1.807, 2.05) is 0 Å². The van der Waals surface area contributed by atoms with E-state index in [2.05, 4.69) is 4.74 Å². The molecule has 0 spiro atoms. The Morgan fingerprint density at radius 1 is 1.22 bits per heavy atom. The number of alkyl halides is 4. The monoisotopic (exact) mass is 146 g/mol. The molecule has 9 heavy (non-hydrogen) atoms. The summed E-state index contributed by atoms with van der Waals surface area (Å²) in [4.78, 5) is 0. The van der Waals surface area contributed by atoms with Crippen LogP contribution in [0.3, 0.4) is 0 Å². The Morgan fingerprint density at radius 2 is 1.78 bits per heavy atom. The van der Waals surface area contributed by atoms with Gasteiger partial charge in [0.2, 0.25) is 6.36 Å². The molecule has 0 aliphatic rings. The lowest BCUT2D eigenvalue weighted by Crippen LogP contribution is -2.13. The third-order valence-electron chi connectivity index (χ3n) is 0.524. The molecular weight excluding hydrogens is 140 g/mol. The summed E-state index contributed by atoms with van der Waals surface area (Å²) in [5, 5.41) is 0. The van der Waals surface area contributed by atoms with Gasteiger partial charge in [0.25, 0.3) is 6.43 Å². The molecular formula is C4H6F4O. The summed E-state index contributed by atoms with van der Waals surface area (Å²) in [6.45, 7) is -2.43. The van der Waals surface area contributed by atoms with E-state index in [-0.39, 0.29) is 0 Å². The van der Waals surface area contributed by atoms with E-state index in [1.54, 1.807) is 0 Å². The van der Waals surface area contributed by atoms with Crippen molar-refractivity contribution >= 4 is 0 Å². The first-order valence-electron chi connectivity index (χ1n) is 2.26. The summed E-state index contributed by atoms with van der Waals surface area (Å²) in [7, 11) is 0. The molecule has 0 fully saturated rings. The normalized spacial score (nSPS) is 14.3. The van der Waals surface area contributed by atoms with Gasteiger partial charge in [-0.05, 0) is 0 Å². The largest absolute Gasteiger partial charge is 0.340 e. The Hall–Kier alpha value is -0.320. The van der Waals surface area contributed by atoms with Crippen LogP contribution in [-0.4, -0.2) is 26.1 Å². The molecule has 0 radical (unpaired) electrons. The summed E-state index contributed by atoms with van der Waals surface area (Å²) in [6.07, 6.45) is -4.95. The molecule has 0 bridgehead atoms. The van der Waals surface area contributed by atoms with Crippen LogP contribution in [0.1, 0.15) is 0 Å². The zero-order valence-electron chi connectivity index (χ0n) is 4.49. The number of halogens is 4. The third kappa shape index (κ3) is 5.55. The molecule has 1 unspecified atom stereocenters. The molecule has 5 heteroatoms. The third-order valence-corrected chi connectivity index (χ3v) is 0.524. The van der Waals surface area contributed by atoms with Gasteiger partial charge in [-0.15, -0.1) is 0 Å². The molecule has 0 saturated heterocycles. The van der Waals surface area contributed by atoms with E-state index in [0.29, 0.717) is 0 Å². The van der Waals surface area contributed by atoms with Crippen molar-refractivity contribution in [2.75, 3.05) is 13.3 Å². The Balaban J connectivity index is 3.06. The van der Waals surface area contributed by atoms with Gasteiger partial charge in [-0.25, -0.2) is 17.6 Å². The quantitative estimate of drug-likeness (QED) is 0.546. The minimum absolute atomic E-state index is 1.05. The molecule has 0 aromatic carbocycles. The highest BCUT2D eigenvalue weighted by molar-refractivity contribution is 4.38. The van der Waals surface area contributed by atoms with Crippen molar-refractivity contribution in [3.05, 3.63) is 0 Å². The van der Waals surface area contributed by atoms with Crippen LogP contribution in [0.25, 0.3) is 0 Å². The average Bonchev–Trinajstić information content (AvgIpc) is 1.83. The zero-order chi connectivity index (χ0) is 7.28. The highest BCUT2D eigenvalue weighted by Crippen LogP contribution is 1.99. The summed E-state index contributed by atoms with van der Waals surface area (Å²) in [5.41, 5.74) is 0. The SMILES string of the molecule is FCC(F)OCC(F)F. The molecule has 0 saturated carbocycles. The van der Waals surface area contributed by atoms with Gasteiger partial charge in [-0.3, -0.25) is 0 Å². The van der Waals surface area contributed by atoms with Gasteiger partial charge in [0.15, 0.2) is 0 Å². The summed E-state index contributed by atoms with van der Waals surface area (Å²) < 4.78 is 48.5. The predicted molar refractivity (Wildman–Crippen MR) is 22.8 cm³/mol. The lowest BCUT2D eigenvalue weighted by Gasteiger charge is -2.03. The van der Waals surface area contributed by atoms with Gasteiger partial charge in [0.1, 0.15) is 13.3 Å². The van der Waals surface area contributed by atoms with Crippen LogP contribution < -0.4 is 0 Å². The van der Waals surface area contributed by atoms with Gasteiger partial charge in [-0.2, -0.15) is 0 Å². The number of rotatable bonds is 4. The lowest BCUT2D eigenvalue weighted by atomic mass is 10.7. The Labute approximate surface area is 49.6 Å². The fourth-order valence-electron chi connectivity index (χ4n) is 0.222. The molecule has 0 aromatic heterocycles. The molecule has 0 N–H and O–H groups in total. The van der Waals surface area contributed by atoms with Crippen LogP contribution in [0, 0.1) is 0 Å². The predicted octanol–water partition coefficient (Wildman–Crippen LogP) is 1.53. The van der Waals surface area contributed by atoms with Crippen molar-refractivity contribution in [2.24, 2.45) is 0 Å². The van der Waals surface area contributed by atoms with Crippen LogP contribution in [0.4, 0.5) is 17.6 Å². The van der Waals surface area contributed by atoms with Crippen molar-refractivity contribution < 1.29 is 22.3 Å². The van der Waals surface area contributed by atoms with E-state index < -0.39 is 26.1 Å². The molecule has 1 atom stereocenters. The van der Waals surface area contributed by atoms with Gasteiger partial charge in [0.05, 0.1) is 0 Å². The standard InChI is InChI=1S/C4H6F4O/c5-1-4(8)9-2-3(6)7/h3-4H,1-2H2. The number of hydrogen-bond acceptors (Lipinski definition) is 1. The Kier molecular flexibility index (Phi) is 4.39. The Morgan fingerprint density at radius 3 is 2.11 bits per heavy atom. The van der Waals surface area contributed by atoms with Gasteiger partial charge >= 0.3 is 0 Å². The zero-order valence-corrected chi connectivity index (χ0v) is 4.49. The molecule has 0 rings (SSSR count). The van der Waals surface area contributed by atoms with Crippen molar-refractivity contribution in [1.29, 1.82) is 0 Å². The lowest BCUT2D eigenvalue weighted by molar-refractivity contribution is -0.0904. The van der Waals surface area contributed by atoms with Gasteiger partial charge in [-0.1, -0.05) is 0 Å². The second-order valence-electron chi connectivity index (χ2n) is 1.29. The van der Waals surface area contributed by atoms with Crippen LogP contribution in [-0.2, 0) is 4.74 Å². The van der Waals surface area contributed by atoms with Gasteiger partial charge < -0.3 is 4.74 Å². The fourth-order valence-corrected chi connectivity index (χ4v) is 0.222. The summed E-state index contributed by atoms with van der Waals surface area (Å²) >= 11 is 0. The van der Waals surface area contributed by atoms with Crippen molar-refractivity contribution in [2.45, 2.75) is 12.8 Å². The second kappa shape index (κ2) is 4.55. The minimum Gasteiger partial charge on any atom is -0.340 e. The Bertz CT molecular complexity index is 67.6. The van der Waals surface area contributed by atoms with E-state index in [0.717, 1.165) is 0 Å². The van der Waals surface area contributed by atoms with E-state index >= 15 is 0 Å². The second-order valence-corrected chi connectivity index (χ2v) is 1.29. The van der Waals surface area contributed by atoms with Gasteiger partial charge in [0, 0.05) is 0 Å². The molecule has 0 amide bonds. The number of hydrogen-bond donors (Lipinski definition) is 0. The first-order chi connectivity index (χ1) is 4.16. The van der Waals surface area contributed by atoms with Crippen molar-refractivity contribution in [3.63, 3.8) is 0 Å².